The van der Waals surface area contributed by atoms with Crippen LogP contribution in [0, 0.1) is 0 Å². The minimum Gasteiger partial charge on any atom is -0.314 e. The van der Waals surface area contributed by atoms with Gasteiger partial charge < -0.3 is 9.80 Å². The Morgan fingerprint density at radius 3 is 2.55 bits per heavy atom. The first-order valence-electron chi connectivity index (χ1n) is 6.77. The monoisotopic (exact) mass is 315 g/mol. The minimum atomic E-state index is -4.48. The molecule has 0 aromatic carbocycles. The number of aromatic nitrogens is 1. The summed E-state index contributed by atoms with van der Waals surface area (Å²) in [6, 6.07) is 3.27. The van der Waals surface area contributed by atoms with E-state index in [0.717, 1.165) is 10.5 Å². The normalized spacial score (nSPS) is 15.8. The van der Waals surface area contributed by atoms with Crippen LogP contribution in [0.2, 0.25) is 0 Å². The molecule has 0 radical (unpaired) electrons. The molecule has 2 heterocycles. The number of hydrogen-bond acceptors (Lipinski definition) is 3. The quantitative estimate of drug-likeness (QED) is 0.857. The van der Waals surface area contributed by atoms with Gasteiger partial charge in [0.05, 0.1) is 6.67 Å². The molecule has 0 aliphatic carbocycles. The van der Waals surface area contributed by atoms with Crippen LogP contribution < -0.4 is 0 Å². The zero-order valence-electron chi connectivity index (χ0n) is 12.2. The summed E-state index contributed by atoms with van der Waals surface area (Å²) in [5.74, 6) is -1.01. The molecule has 1 aliphatic rings. The highest BCUT2D eigenvalue weighted by molar-refractivity contribution is 5.96. The van der Waals surface area contributed by atoms with Gasteiger partial charge >= 0.3 is 6.18 Å². The molecule has 0 spiro atoms. The fourth-order valence-corrected chi connectivity index (χ4v) is 2.12. The molecule has 0 N–H and O–H groups in total. The van der Waals surface area contributed by atoms with Gasteiger partial charge in [0.2, 0.25) is 5.91 Å². The average Bonchev–Trinajstić information content (AvgIpc) is 2.77. The fraction of sp³-hybridized carbons (Fsp3) is 0.500. The SMILES string of the molecule is CC(C)c1ccc(C(=O)N2CC(=O)N(CC(F)(F)F)C2)nc1. The zero-order valence-corrected chi connectivity index (χ0v) is 12.2. The highest BCUT2D eigenvalue weighted by atomic mass is 19.4. The number of carbonyl (C=O) groups is 2. The van der Waals surface area contributed by atoms with Crippen molar-refractivity contribution in [3.8, 4) is 0 Å². The average molecular weight is 315 g/mol. The van der Waals surface area contributed by atoms with Crippen molar-refractivity contribution in [3.05, 3.63) is 29.6 Å². The Labute approximate surface area is 125 Å². The van der Waals surface area contributed by atoms with Crippen molar-refractivity contribution in [2.24, 2.45) is 0 Å². The maximum atomic E-state index is 12.3. The second kappa shape index (κ2) is 5.94. The maximum Gasteiger partial charge on any atom is 0.406 e. The number of rotatable bonds is 3. The van der Waals surface area contributed by atoms with E-state index in [2.05, 4.69) is 4.98 Å². The molecule has 120 valence electrons. The Hall–Kier alpha value is -2.12. The molecular weight excluding hydrogens is 299 g/mol. The first kappa shape index (κ1) is 16.3. The van der Waals surface area contributed by atoms with Gasteiger partial charge in [0, 0.05) is 6.20 Å². The van der Waals surface area contributed by atoms with Gasteiger partial charge in [-0.2, -0.15) is 13.2 Å². The van der Waals surface area contributed by atoms with Crippen molar-refractivity contribution >= 4 is 11.8 Å². The third-order valence-corrected chi connectivity index (χ3v) is 3.35. The number of nitrogens with zero attached hydrogens (tertiary/aromatic N) is 3. The van der Waals surface area contributed by atoms with Crippen molar-refractivity contribution in [1.82, 2.24) is 14.8 Å². The predicted molar refractivity (Wildman–Crippen MR) is 72.0 cm³/mol. The maximum absolute atomic E-state index is 12.3. The van der Waals surface area contributed by atoms with Crippen LogP contribution in [0.25, 0.3) is 0 Å². The lowest BCUT2D eigenvalue weighted by Crippen LogP contribution is -2.37. The lowest BCUT2D eigenvalue weighted by Gasteiger charge is -2.19. The van der Waals surface area contributed by atoms with Gasteiger partial charge in [-0.05, 0) is 17.5 Å². The van der Waals surface area contributed by atoms with E-state index in [4.69, 9.17) is 0 Å². The van der Waals surface area contributed by atoms with Gasteiger partial charge in [0.15, 0.2) is 0 Å². The van der Waals surface area contributed by atoms with Crippen LogP contribution >= 0.6 is 0 Å². The summed E-state index contributed by atoms with van der Waals surface area (Å²) in [6.45, 7) is 1.88. The topological polar surface area (TPSA) is 53.5 Å². The van der Waals surface area contributed by atoms with Gasteiger partial charge in [-0.15, -0.1) is 0 Å². The number of alkyl halides is 3. The van der Waals surface area contributed by atoms with Crippen LogP contribution in [0.5, 0.6) is 0 Å². The van der Waals surface area contributed by atoms with Crippen molar-refractivity contribution in [1.29, 1.82) is 0 Å². The molecule has 1 aliphatic heterocycles. The molecule has 1 aromatic rings. The van der Waals surface area contributed by atoms with E-state index in [1.807, 2.05) is 13.8 Å². The first-order valence-corrected chi connectivity index (χ1v) is 6.77. The third-order valence-electron chi connectivity index (χ3n) is 3.35. The molecule has 1 aromatic heterocycles. The molecule has 1 saturated heterocycles. The third kappa shape index (κ3) is 3.75. The summed E-state index contributed by atoms with van der Waals surface area (Å²) in [6.07, 6.45) is -2.92. The van der Waals surface area contributed by atoms with E-state index < -0.39 is 24.5 Å². The van der Waals surface area contributed by atoms with Crippen LogP contribution in [0.15, 0.2) is 18.3 Å². The largest absolute Gasteiger partial charge is 0.406 e. The van der Waals surface area contributed by atoms with Crippen molar-refractivity contribution < 1.29 is 22.8 Å². The lowest BCUT2D eigenvalue weighted by atomic mass is 10.1. The number of halogens is 3. The van der Waals surface area contributed by atoms with E-state index in [-0.39, 0.29) is 24.8 Å². The van der Waals surface area contributed by atoms with Crippen LogP contribution in [0.4, 0.5) is 13.2 Å². The standard InChI is InChI=1S/C14H16F3N3O2/c1-9(2)10-3-4-11(18-5-10)13(22)19-6-12(21)20(8-19)7-14(15,16)17/h3-5,9H,6-8H2,1-2H3. The molecule has 0 saturated carbocycles. The fourth-order valence-electron chi connectivity index (χ4n) is 2.12. The number of amides is 2. The molecule has 8 heteroatoms. The van der Waals surface area contributed by atoms with Crippen LogP contribution in [0.1, 0.15) is 35.8 Å². The van der Waals surface area contributed by atoms with Crippen molar-refractivity contribution in [2.45, 2.75) is 25.9 Å². The van der Waals surface area contributed by atoms with Gasteiger partial charge in [0.25, 0.3) is 5.91 Å². The molecule has 2 amide bonds. The molecule has 0 unspecified atom stereocenters. The zero-order chi connectivity index (χ0) is 16.5. The minimum absolute atomic E-state index is 0.117. The smallest absolute Gasteiger partial charge is 0.314 e. The Morgan fingerprint density at radius 2 is 2.05 bits per heavy atom. The molecule has 0 bridgehead atoms. The van der Waals surface area contributed by atoms with Crippen LogP contribution in [-0.4, -0.2) is 52.5 Å². The second-order valence-electron chi connectivity index (χ2n) is 5.48. The Balaban J connectivity index is 2.06. The Morgan fingerprint density at radius 1 is 1.36 bits per heavy atom. The van der Waals surface area contributed by atoms with Crippen molar-refractivity contribution in [2.75, 3.05) is 19.8 Å². The number of hydrogen-bond donors (Lipinski definition) is 0. The molecule has 5 nitrogen and oxygen atoms in total. The van der Waals surface area contributed by atoms with Gasteiger partial charge in [-0.25, -0.2) is 0 Å². The van der Waals surface area contributed by atoms with Gasteiger partial charge in [-0.1, -0.05) is 19.9 Å². The summed E-state index contributed by atoms with van der Waals surface area (Å²) in [5, 5.41) is 0. The number of pyridine rings is 1. The summed E-state index contributed by atoms with van der Waals surface area (Å²) in [5.41, 5.74) is 1.07. The van der Waals surface area contributed by atoms with E-state index >= 15 is 0 Å². The Kier molecular flexibility index (Phi) is 4.39. The van der Waals surface area contributed by atoms with Gasteiger partial charge in [-0.3, -0.25) is 14.6 Å². The van der Waals surface area contributed by atoms with Crippen molar-refractivity contribution in [3.63, 3.8) is 0 Å². The summed E-state index contributed by atoms with van der Waals surface area (Å²) < 4.78 is 37.0. The highest BCUT2D eigenvalue weighted by Crippen LogP contribution is 2.20. The lowest BCUT2D eigenvalue weighted by molar-refractivity contribution is -0.157. The first-order chi connectivity index (χ1) is 10.2. The Bertz CT molecular complexity index is 570. The van der Waals surface area contributed by atoms with E-state index in [1.54, 1.807) is 12.3 Å². The molecular formula is C14H16F3N3O2. The second-order valence-corrected chi connectivity index (χ2v) is 5.48. The van der Waals surface area contributed by atoms with E-state index in [9.17, 15) is 22.8 Å². The number of carbonyl (C=O) groups excluding carboxylic acids is 2. The van der Waals surface area contributed by atoms with Crippen LogP contribution in [0.3, 0.4) is 0 Å². The summed E-state index contributed by atoms with van der Waals surface area (Å²) in [7, 11) is 0. The molecule has 2 rings (SSSR count). The molecule has 22 heavy (non-hydrogen) atoms. The van der Waals surface area contributed by atoms with Gasteiger partial charge in [0.1, 0.15) is 18.8 Å². The predicted octanol–water partition coefficient (Wildman–Crippen LogP) is 2.01. The molecule has 1 fully saturated rings. The molecule has 0 atom stereocenters. The van der Waals surface area contributed by atoms with E-state index in [0.29, 0.717) is 4.90 Å². The van der Waals surface area contributed by atoms with Crippen LogP contribution in [-0.2, 0) is 4.79 Å². The highest BCUT2D eigenvalue weighted by Gasteiger charge is 2.39. The summed E-state index contributed by atoms with van der Waals surface area (Å²) in [4.78, 5) is 29.4. The summed E-state index contributed by atoms with van der Waals surface area (Å²) >= 11 is 0. The van der Waals surface area contributed by atoms with E-state index in [1.165, 1.54) is 6.07 Å².